The minimum atomic E-state index is -0.507. The van der Waals surface area contributed by atoms with Crippen LogP contribution in [-0.4, -0.2) is 19.1 Å². The number of ether oxygens (including phenoxy) is 1. The molecule has 0 radical (unpaired) electrons. The summed E-state index contributed by atoms with van der Waals surface area (Å²) in [7, 11) is 1.31. The molecule has 0 aromatic heterocycles. The van der Waals surface area contributed by atoms with Crippen LogP contribution in [0.3, 0.4) is 0 Å². The van der Waals surface area contributed by atoms with Gasteiger partial charge < -0.3 is 10.1 Å². The van der Waals surface area contributed by atoms with Crippen molar-refractivity contribution in [2.24, 2.45) is 0 Å². The molecular weight excluding hydrogens is 377 g/mol. The highest BCUT2D eigenvalue weighted by Gasteiger charge is 2.27. The third kappa shape index (κ3) is 4.24. The van der Waals surface area contributed by atoms with Crippen LogP contribution in [0.4, 0.5) is 4.39 Å². The summed E-state index contributed by atoms with van der Waals surface area (Å²) >= 11 is 0. The molecule has 0 aliphatic heterocycles. The van der Waals surface area contributed by atoms with Crippen molar-refractivity contribution in [1.29, 1.82) is 0 Å². The summed E-state index contributed by atoms with van der Waals surface area (Å²) in [5.74, 6) is -0.666. The Labute approximate surface area is 177 Å². The lowest BCUT2D eigenvalue weighted by atomic mass is 9.80. The second-order valence-electron chi connectivity index (χ2n) is 8.25. The summed E-state index contributed by atoms with van der Waals surface area (Å²) in [6.07, 6.45) is 4.01. The first-order valence-corrected chi connectivity index (χ1v) is 10.7. The van der Waals surface area contributed by atoms with Gasteiger partial charge in [0.05, 0.1) is 12.7 Å². The molecule has 3 aromatic rings. The Balaban J connectivity index is 1.48. The topological polar surface area (TPSA) is 38.3 Å². The largest absolute Gasteiger partial charge is 0.465 e. The van der Waals surface area contributed by atoms with E-state index in [2.05, 4.69) is 54.7 Å². The molecule has 1 aliphatic carbocycles. The number of fused-ring (bicyclic) bond motifs is 1. The van der Waals surface area contributed by atoms with E-state index in [1.165, 1.54) is 29.5 Å². The van der Waals surface area contributed by atoms with Crippen LogP contribution >= 0.6 is 0 Å². The quantitative estimate of drug-likeness (QED) is 0.518. The van der Waals surface area contributed by atoms with Crippen molar-refractivity contribution in [3.05, 3.63) is 83.2 Å². The summed E-state index contributed by atoms with van der Waals surface area (Å²) in [5, 5.41) is 6.31. The maximum Gasteiger partial charge on any atom is 0.337 e. The fraction of sp³-hybridized carbons (Fsp3) is 0.346. The van der Waals surface area contributed by atoms with E-state index in [1.807, 2.05) is 0 Å². The third-order valence-electron chi connectivity index (χ3n) is 6.31. The van der Waals surface area contributed by atoms with Crippen LogP contribution < -0.4 is 5.32 Å². The molecule has 3 aromatic carbocycles. The van der Waals surface area contributed by atoms with Crippen LogP contribution in [0.1, 0.15) is 66.1 Å². The van der Waals surface area contributed by atoms with Crippen molar-refractivity contribution in [1.82, 2.24) is 5.32 Å². The van der Waals surface area contributed by atoms with Crippen molar-refractivity contribution < 1.29 is 13.9 Å². The van der Waals surface area contributed by atoms with Crippen molar-refractivity contribution in [2.45, 2.75) is 50.6 Å². The smallest absolute Gasteiger partial charge is 0.337 e. The van der Waals surface area contributed by atoms with Crippen LogP contribution in [0.2, 0.25) is 0 Å². The summed E-state index contributed by atoms with van der Waals surface area (Å²) in [6.45, 7) is 2.21. The van der Waals surface area contributed by atoms with E-state index in [4.69, 9.17) is 4.74 Å². The van der Waals surface area contributed by atoms with Gasteiger partial charge in [-0.2, -0.15) is 0 Å². The molecule has 156 valence electrons. The van der Waals surface area contributed by atoms with Crippen molar-refractivity contribution in [3.8, 4) is 0 Å². The first-order chi connectivity index (χ1) is 14.6. The average molecular weight is 406 g/mol. The van der Waals surface area contributed by atoms with E-state index >= 15 is 0 Å². The van der Waals surface area contributed by atoms with Gasteiger partial charge in [-0.3, -0.25) is 0 Å². The Hall–Kier alpha value is -2.72. The number of benzene rings is 3. The number of nitrogens with one attached hydrogen (secondary N) is 1. The monoisotopic (exact) mass is 405 g/mol. The van der Waals surface area contributed by atoms with Gasteiger partial charge in [0.2, 0.25) is 0 Å². The van der Waals surface area contributed by atoms with Crippen LogP contribution in [0, 0.1) is 5.82 Å². The van der Waals surface area contributed by atoms with E-state index < -0.39 is 5.97 Å². The number of halogens is 1. The number of carbonyl (C=O) groups excluding carboxylic acids is 1. The normalized spacial score (nSPS) is 20.1. The van der Waals surface area contributed by atoms with Crippen LogP contribution in [0.15, 0.2) is 60.7 Å². The van der Waals surface area contributed by atoms with E-state index in [9.17, 15) is 9.18 Å². The van der Waals surface area contributed by atoms with Crippen LogP contribution in [-0.2, 0) is 4.74 Å². The number of hydrogen-bond acceptors (Lipinski definition) is 3. The second kappa shape index (κ2) is 8.97. The molecule has 0 amide bonds. The fourth-order valence-electron chi connectivity index (χ4n) is 4.80. The molecule has 0 heterocycles. The number of esters is 1. The predicted octanol–water partition coefficient (Wildman–Crippen LogP) is 6.14. The molecule has 30 heavy (non-hydrogen) atoms. The highest BCUT2D eigenvalue weighted by atomic mass is 19.1. The Bertz CT molecular complexity index is 1040. The average Bonchev–Trinajstić information content (AvgIpc) is 2.78. The highest BCUT2D eigenvalue weighted by molar-refractivity contribution is 5.89. The Morgan fingerprint density at radius 2 is 1.90 bits per heavy atom. The molecule has 4 rings (SSSR count). The van der Waals surface area contributed by atoms with Gasteiger partial charge >= 0.3 is 5.97 Å². The number of rotatable bonds is 5. The summed E-state index contributed by atoms with van der Waals surface area (Å²) in [4.78, 5) is 11.7. The molecule has 1 fully saturated rings. The van der Waals surface area contributed by atoms with Gasteiger partial charge in [-0.25, -0.2) is 9.18 Å². The summed E-state index contributed by atoms with van der Waals surface area (Å²) < 4.78 is 19.4. The SMILES string of the molecule is COC(=O)c1ccc(C2CCCC(N[C@H](C)c3cccc4ccccc34)C2)c(F)c1. The second-order valence-corrected chi connectivity index (χ2v) is 8.25. The first-order valence-electron chi connectivity index (χ1n) is 10.7. The maximum atomic E-state index is 14.7. The predicted molar refractivity (Wildman–Crippen MR) is 118 cm³/mol. The first kappa shape index (κ1) is 20.5. The minimum absolute atomic E-state index is 0.155. The minimum Gasteiger partial charge on any atom is -0.465 e. The lowest BCUT2D eigenvalue weighted by Gasteiger charge is -2.33. The fourth-order valence-corrected chi connectivity index (χ4v) is 4.80. The van der Waals surface area contributed by atoms with Gasteiger partial charge in [-0.05, 0) is 66.1 Å². The van der Waals surface area contributed by atoms with Crippen LogP contribution in [0.5, 0.6) is 0 Å². The van der Waals surface area contributed by atoms with Crippen molar-refractivity contribution >= 4 is 16.7 Å². The molecular formula is C26H28FNO2. The Morgan fingerprint density at radius 3 is 2.70 bits per heavy atom. The molecule has 1 saturated carbocycles. The molecule has 2 unspecified atom stereocenters. The number of carbonyl (C=O) groups is 1. The van der Waals surface area contributed by atoms with Gasteiger partial charge in [-0.15, -0.1) is 0 Å². The van der Waals surface area contributed by atoms with Gasteiger partial charge in [0.15, 0.2) is 0 Å². The zero-order valence-corrected chi connectivity index (χ0v) is 17.5. The van der Waals surface area contributed by atoms with E-state index in [-0.39, 0.29) is 23.3 Å². The van der Waals surface area contributed by atoms with E-state index in [0.717, 1.165) is 25.7 Å². The Kier molecular flexibility index (Phi) is 6.14. The van der Waals surface area contributed by atoms with Crippen molar-refractivity contribution in [3.63, 3.8) is 0 Å². The van der Waals surface area contributed by atoms with Crippen LogP contribution in [0.25, 0.3) is 10.8 Å². The molecule has 0 spiro atoms. The van der Waals surface area contributed by atoms with E-state index in [0.29, 0.717) is 11.6 Å². The number of hydrogen-bond donors (Lipinski definition) is 1. The van der Waals surface area contributed by atoms with Gasteiger partial charge in [0.1, 0.15) is 5.82 Å². The van der Waals surface area contributed by atoms with Crippen molar-refractivity contribution in [2.75, 3.05) is 7.11 Å². The maximum absolute atomic E-state index is 14.7. The lowest BCUT2D eigenvalue weighted by Crippen LogP contribution is -2.35. The molecule has 0 bridgehead atoms. The van der Waals surface area contributed by atoms with Gasteiger partial charge in [0.25, 0.3) is 0 Å². The lowest BCUT2D eigenvalue weighted by molar-refractivity contribution is 0.0600. The zero-order chi connectivity index (χ0) is 21.1. The van der Waals surface area contributed by atoms with E-state index in [1.54, 1.807) is 12.1 Å². The van der Waals surface area contributed by atoms with Gasteiger partial charge in [0, 0.05) is 12.1 Å². The highest BCUT2D eigenvalue weighted by Crippen LogP contribution is 2.36. The summed E-state index contributed by atoms with van der Waals surface area (Å²) in [6, 6.07) is 20.2. The number of methoxy groups -OCH3 is 1. The molecule has 0 saturated heterocycles. The molecule has 1 aliphatic rings. The molecule has 3 nitrogen and oxygen atoms in total. The summed E-state index contributed by atoms with van der Waals surface area (Å²) in [5.41, 5.74) is 2.25. The Morgan fingerprint density at radius 1 is 1.10 bits per heavy atom. The zero-order valence-electron chi connectivity index (χ0n) is 17.5. The molecule has 3 atom stereocenters. The molecule has 4 heteroatoms. The third-order valence-corrected chi connectivity index (χ3v) is 6.31. The van der Waals surface area contributed by atoms with Gasteiger partial charge in [-0.1, -0.05) is 55.0 Å². The molecule has 1 N–H and O–H groups in total. The standard InChI is InChI=1S/C26H28FNO2/c1-17(22-12-6-8-18-7-3-4-11-23(18)22)28-21-10-5-9-19(15-21)24-14-13-20(16-25(24)27)26(29)30-2/h3-4,6-8,11-14,16-17,19,21,28H,5,9-10,15H2,1-2H3/t17-,19?,21?/m1/s1.